The number of nitrogens with zero attached hydrogens (tertiary/aromatic N) is 4. The minimum atomic E-state index is -1.20. The summed E-state index contributed by atoms with van der Waals surface area (Å²) >= 11 is 0. The van der Waals surface area contributed by atoms with Gasteiger partial charge in [-0.15, -0.1) is 0 Å². The Morgan fingerprint density at radius 2 is 1.84 bits per heavy atom. The maximum atomic E-state index is 13.4. The molecule has 1 unspecified atom stereocenters. The first-order chi connectivity index (χ1) is 14.8. The Bertz CT molecular complexity index is 671. The van der Waals surface area contributed by atoms with Gasteiger partial charge in [-0.2, -0.15) is 5.26 Å². The highest BCUT2D eigenvalue weighted by Gasteiger charge is 2.37. The fourth-order valence-corrected chi connectivity index (χ4v) is 4.50. The van der Waals surface area contributed by atoms with E-state index >= 15 is 0 Å². The van der Waals surface area contributed by atoms with Crippen LogP contribution in [0.4, 0.5) is 4.79 Å². The number of carboxylic acid groups (broad SMARTS) is 1. The molecule has 1 saturated carbocycles. The van der Waals surface area contributed by atoms with Gasteiger partial charge < -0.3 is 20.2 Å². The summed E-state index contributed by atoms with van der Waals surface area (Å²) in [7, 11) is 2.01. The summed E-state index contributed by atoms with van der Waals surface area (Å²) in [5.41, 5.74) is -0.889. The van der Waals surface area contributed by atoms with Crippen molar-refractivity contribution in [3.05, 3.63) is 0 Å². The van der Waals surface area contributed by atoms with Crippen LogP contribution in [0.2, 0.25) is 0 Å². The fourth-order valence-electron chi connectivity index (χ4n) is 4.50. The zero-order valence-corrected chi connectivity index (χ0v) is 19.2. The van der Waals surface area contributed by atoms with Gasteiger partial charge in [-0.3, -0.25) is 10.1 Å². The second-order valence-electron chi connectivity index (χ2n) is 8.80. The summed E-state index contributed by atoms with van der Waals surface area (Å²) in [5, 5.41) is 24.5. The quantitative estimate of drug-likeness (QED) is 0.418. The molecule has 1 heterocycles. The number of hydrogen-bond donors (Lipinski definition) is 3. The molecule has 3 N–H and O–H groups in total. The maximum absolute atomic E-state index is 13.4. The monoisotopic (exact) mass is 434 g/mol. The standard InChI is InChI=1S/C22H38N6O3/c1-4-28(5-2)20(25-21(30)31)24-18(15-17-9-7-6-8-10-17)19(29)26-22(16-23)11-13-27(3)14-12-22/h17-18H,4-15H2,1-3H3,(H,24,25)(H,26,29)(H,30,31). The van der Waals surface area contributed by atoms with E-state index in [9.17, 15) is 20.0 Å². The van der Waals surface area contributed by atoms with Crippen LogP contribution in [0.1, 0.15) is 65.2 Å². The Labute approximate surface area is 185 Å². The van der Waals surface area contributed by atoms with Crippen LogP contribution in [0, 0.1) is 17.2 Å². The Morgan fingerprint density at radius 3 is 2.35 bits per heavy atom. The topological polar surface area (TPSA) is 121 Å². The lowest BCUT2D eigenvalue weighted by molar-refractivity contribution is -0.124. The average molecular weight is 435 g/mol. The molecule has 0 spiro atoms. The van der Waals surface area contributed by atoms with E-state index in [1.807, 2.05) is 20.9 Å². The summed E-state index contributed by atoms with van der Waals surface area (Å²) < 4.78 is 0. The van der Waals surface area contributed by atoms with Crippen molar-refractivity contribution in [2.45, 2.75) is 76.8 Å². The largest absolute Gasteiger partial charge is 0.465 e. The normalized spacial score (nSPS) is 21.0. The number of likely N-dealkylation sites (tertiary alicyclic amines) is 1. The Hall–Kier alpha value is -2.34. The maximum Gasteiger partial charge on any atom is 0.411 e. The molecule has 0 aromatic rings. The van der Waals surface area contributed by atoms with E-state index in [0.717, 1.165) is 38.8 Å². The highest BCUT2D eigenvalue weighted by atomic mass is 16.4. The molecule has 2 amide bonds. The molecule has 1 aliphatic heterocycles. The lowest BCUT2D eigenvalue weighted by Crippen LogP contribution is -2.56. The van der Waals surface area contributed by atoms with Crippen LogP contribution in [0.5, 0.6) is 0 Å². The predicted molar refractivity (Wildman–Crippen MR) is 120 cm³/mol. The van der Waals surface area contributed by atoms with Gasteiger partial charge in [-0.1, -0.05) is 32.1 Å². The summed E-state index contributed by atoms with van der Waals surface area (Å²) in [4.78, 5) is 33.3. The van der Waals surface area contributed by atoms with Crippen molar-refractivity contribution in [2.75, 3.05) is 33.2 Å². The van der Waals surface area contributed by atoms with Gasteiger partial charge in [0, 0.05) is 26.2 Å². The van der Waals surface area contributed by atoms with Crippen LogP contribution >= 0.6 is 0 Å². The predicted octanol–water partition coefficient (Wildman–Crippen LogP) is 2.39. The van der Waals surface area contributed by atoms with Crippen LogP contribution in [0.15, 0.2) is 4.99 Å². The number of amides is 2. The molecule has 1 saturated heterocycles. The van der Waals surface area contributed by atoms with Crippen LogP contribution in [0.3, 0.4) is 0 Å². The van der Waals surface area contributed by atoms with Crippen molar-refractivity contribution < 1.29 is 14.7 Å². The van der Waals surface area contributed by atoms with E-state index in [4.69, 9.17) is 0 Å². The number of nitriles is 1. The van der Waals surface area contributed by atoms with Crippen LogP contribution in [0.25, 0.3) is 0 Å². The number of carbonyl (C=O) groups is 2. The number of carbonyl (C=O) groups excluding carboxylic acids is 1. The third kappa shape index (κ3) is 7.39. The first-order valence-electron chi connectivity index (χ1n) is 11.6. The molecule has 0 aromatic carbocycles. The fraction of sp³-hybridized carbons (Fsp3) is 0.818. The van der Waals surface area contributed by atoms with Gasteiger partial charge in [-0.25, -0.2) is 9.79 Å². The molecule has 2 aliphatic rings. The molecule has 31 heavy (non-hydrogen) atoms. The van der Waals surface area contributed by atoms with E-state index in [-0.39, 0.29) is 11.9 Å². The van der Waals surface area contributed by atoms with Gasteiger partial charge in [0.15, 0.2) is 0 Å². The molecular formula is C22H38N6O3. The van der Waals surface area contributed by atoms with Crippen molar-refractivity contribution in [3.63, 3.8) is 0 Å². The minimum absolute atomic E-state index is 0.197. The molecule has 9 nitrogen and oxygen atoms in total. The molecule has 0 aromatic heterocycles. The van der Waals surface area contributed by atoms with E-state index in [1.165, 1.54) is 6.42 Å². The average Bonchev–Trinajstić information content (AvgIpc) is 2.76. The SMILES string of the molecule is CCN(CC)C(=NC(CC1CCCCC1)C(=O)NC1(C#N)CCN(C)CC1)NC(=O)O. The second-order valence-corrected chi connectivity index (χ2v) is 8.80. The number of guanidine groups is 1. The van der Waals surface area contributed by atoms with Gasteiger partial charge in [0.05, 0.1) is 6.07 Å². The minimum Gasteiger partial charge on any atom is -0.465 e. The molecule has 1 aliphatic carbocycles. The van der Waals surface area contributed by atoms with Gasteiger partial charge in [0.1, 0.15) is 11.6 Å². The molecule has 0 radical (unpaired) electrons. The molecule has 174 valence electrons. The molecule has 0 bridgehead atoms. The second kappa shape index (κ2) is 11.9. The van der Waals surface area contributed by atoms with E-state index in [0.29, 0.717) is 38.3 Å². The van der Waals surface area contributed by atoms with Crippen molar-refractivity contribution >= 4 is 18.0 Å². The molecule has 2 rings (SSSR count). The van der Waals surface area contributed by atoms with Gasteiger partial charge >= 0.3 is 6.09 Å². The highest BCUT2D eigenvalue weighted by Crippen LogP contribution is 2.29. The molecule has 9 heteroatoms. The van der Waals surface area contributed by atoms with Crippen molar-refractivity contribution in [2.24, 2.45) is 10.9 Å². The van der Waals surface area contributed by atoms with Crippen LogP contribution in [-0.4, -0.2) is 77.7 Å². The third-order valence-electron chi connectivity index (χ3n) is 6.56. The highest BCUT2D eigenvalue weighted by molar-refractivity contribution is 5.95. The summed E-state index contributed by atoms with van der Waals surface area (Å²) in [6.45, 7) is 6.47. The number of rotatable bonds is 7. The summed E-state index contributed by atoms with van der Waals surface area (Å²) in [6.07, 6.45) is 6.13. The number of nitrogens with one attached hydrogen (secondary N) is 2. The number of hydrogen-bond acceptors (Lipinski definition) is 5. The first kappa shape index (κ1) is 24.9. The molecular weight excluding hydrogens is 396 g/mol. The first-order valence-corrected chi connectivity index (χ1v) is 11.6. The summed E-state index contributed by atoms with van der Waals surface area (Å²) in [6, 6.07) is 1.60. The van der Waals surface area contributed by atoms with Gasteiger partial charge in [0.2, 0.25) is 11.9 Å². The number of piperidine rings is 1. The summed E-state index contributed by atoms with van der Waals surface area (Å²) in [5.74, 6) is 0.294. The van der Waals surface area contributed by atoms with Gasteiger partial charge in [-0.05, 0) is 46.1 Å². The Balaban J connectivity index is 2.28. The van der Waals surface area contributed by atoms with E-state index in [2.05, 4.69) is 26.6 Å². The van der Waals surface area contributed by atoms with Crippen LogP contribution in [-0.2, 0) is 4.79 Å². The van der Waals surface area contributed by atoms with Gasteiger partial charge in [0.25, 0.3) is 0 Å². The smallest absolute Gasteiger partial charge is 0.411 e. The zero-order chi connectivity index (χ0) is 22.9. The zero-order valence-electron chi connectivity index (χ0n) is 19.2. The Kier molecular flexibility index (Phi) is 9.56. The van der Waals surface area contributed by atoms with E-state index < -0.39 is 17.7 Å². The van der Waals surface area contributed by atoms with Crippen LogP contribution < -0.4 is 10.6 Å². The third-order valence-corrected chi connectivity index (χ3v) is 6.56. The Morgan fingerprint density at radius 1 is 1.23 bits per heavy atom. The van der Waals surface area contributed by atoms with Crippen molar-refractivity contribution in [1.82, 2.24) is 20.4 Å². The van der Waals surface area contributed by atoms with Crippen molar-refractivity contribution in [3.8, 4) is 6.07 Å². The molecule has 2 fully saturated rings. The molecule has 1 atom stereocenters. The number of aliphatic imine (C=N–C) groups is 1. The van der Waals surface area contributed by atoms with Crippen molar-refractivity contribution in [1.29, 1.82) is 5.26 Å². The van der Waals surface area contributed by atoms with E-state index in [1.54, 1.807) is 4.90 Å². The lowest BCUT2D eigenvalue weighted by Gasteiger charge is -2.37. The lowest BCUT2D eigenvalue weighted by atomic mass is 9.84.